The third-order valence-corrected chi connectivity index (χ3v) is 6.57. The van der Waals surface area contributed by atoms with Crippen LogP contribution in [0.15, 0.2) is 22.9 Å². The molecule has 2 aromatic heterocycles. The Hall–Kier alpha value is -1.73. The van der Waals surface area contributed by atoms with E-state index >= 15 is 0 Å². The summed E-state index contributed by atoms with van der Waals surface area (Å²) in [7, 11) is 0. The highest BCUT2D eigenvalue weighted by molar-refractivity contribution is 7.20. The van der Waals surface area contributed by atoms with Crippen LogP contribution in [0.25, 0.3) is 9.88 Å². The zero-order valence-corrected chi connectivity index (χ0v) is 16.6. The van der Waals surface area contributed by atoms with Crippen molar-refractivity contribution in [3.05, 3.63) is 28.6 Å². The van der Waals surface area contributed by atoms with Crippen LogP contribution in [0.4, 0.5) is 0 Å². The molecule has 5 nitrogen and oxygen atoms in total. The quantitative estimate of drug-likeness (QED) is 0.665. The summed E-state index contributed by atoms with van der Waals surface area (Å²) in [5, 5.41) is 4.79. The second-order valence-corrected chi connectivity index (χ2v) is 8.24. The van der Waals surface area contributed by atoms with Gasteiger partial charge >= 0.3 is 5.97 Å². The Kier molecular flexibility index (Phi) is 6.80. The van der Waals surface area contributed by atoms with E-state index in [0.29, 0.717) is 18.3 Å². The summed E-state index contributed by atoms with van der Waals surface area (Å²) in [6.07, 6.45) is 5.80. The van der Waals surface area contributed by atoms with E-state index in [1.165, 1.54) is 30.6 Å². The highest BCUT2D eigenvalue weighted by Gasteiger charge is 2.24. The van der Waals surface area contributed by atoms with Gasteiger partial charge in [-0.2, -0.15) is 0 Å². The summed E-state index contributed by atoms with van der Waals surface area (Å²) in [4.78, 5) is 31.9. The fourth-order valence-electron chi connectivity index (χ4n) is 3.36. The lowest BCUT2D eigenvalue weighted by Crippen LogP contribution is -2.43. The first-order valence-electron chi connectivity index (χ1n) is 9.10. The maximum atomic E-state index is 12.4. The van der Waals surface area contributed by atoms with Gasteiger partial charge in [0.25, 0.3) is 5.91 Å². The number of aromatic nitrogens is 1. The van der Waals surface area contributed by atoms with Crippen LogP contribution in [0, 0.1) is 0 Å². The molecule has 0 unspecified atom stereocenters. The number of carbonyl (C=O) groups is 2. The smallest absolute Gasteiger partial charge is 0.312 e. The summed E-state index contributed by atoms with van der Waals surface area (Å²) in [6.45, 7) is 2.47. The average molecular weight is 393 g/mol. The molecule has 140 valence electrons. The molecule has 1 aliphatic rings. The molecule has 26 heavy (non-hydrogen) atoms. The lowest BCUT2D eigenvalue weighted by Gasteiger charge is -2.33. The first-order chi connectivity index (χ1) is 12.7. The van der Waals surface area contributed by atoms with Gasteiger partial charge in [0.05, 0.1) is 17.0 Å². The normalized spacial score (nSPS) is 15.0. The summed E-state index contributed by atoms with van der Waals surface area (Å²) in [5.41, 5.74) is 0.690. The number of carbonyl (C=O) groups excluding carboxylic acids is 2. The Morgan fingerprint density at radius 3 is 2.77 bits per heavy atom. The Balaban J connectivity index is 1.48. The molecule has 1 fully saturated rings. The van der Waals surface area contributed by atoms with Crippen molar-refractivity contribution >= 4 is 34.6 Å². The number of esters is 1. The monoisotopic (exact) mass is 392 g/mol. The maximum Gasteiger partial charge on any atom is 0.312 e. The highest BCUT2D eigenvalue weighted by Crippen LogP contribution is 2.28. The third kappa shape index (κ3) is 4.92. The van der Waals surface area contributed by atoms with E-state index in [-0.39, 0.29) is 18.9 Å². The molecular formula is C19H24N2O3S2. The van der Waals surface area contributed by atoms with Gasteiger partial charge in [-0.15, -0.1) is 22.7 Å². The molecule has 2 aromatic rings. The fraction of sp³-hybridized carbons (Fsp3) is 0.526. The van der Waals surface area contributed by atoms with Crippen LogP contribution < -0.4 is 0 Å². The minimum absolute atomic E-state index is 0.0923. The van der Waals surface area contributed by atoms with Gasteiger partial charge in [0, 0.05) is 18.0 Å². The summed E-state index contributed by atoms with van der Waals surface area (Å²) in [5.74, 6) is -0.494. The number of amides is 1. The minimum atomic E-state index is -0.402. The zero-order chi connectivity index (χ0) is 18.4. The molecule has 0 radical (unpaired) electrons. The van der Waals surface area contributed by atoms with Crippen molar-refractivity contribution in [1.29, 1.82) is 0 Å². The predicted molar refractivity (Wildman–Crippen MR) is 104 cm³/mol. The van der Waals surface area contributed by atoms with Crippen molar-refractivity contribution in [2.75, 3.05) is 13.2 Å². The molecule has 0 spiro atoms. The van der Waals surface area contributed by atoms with Crippen molar-refractivity contribution in [1.82, 2.24) is 9.88 Å². The Labute approximate surface area is 162 Å². The van der Waals surface area contributed by atoms with Gasteiger partial charge in [-0.1, -0.05) is 25.3 Å². The molecule has 1 saturated carbocycles. The topological polar surface area (TPSA) is 59.5 Å². The van der Waals surface area contributed by atoms with E-state index in [0.717, 1.165) is 22.7 Å². The van der Waals surface area contributed by atoms with Crippen molar-refractivity contribution in [2.24, 2.45) is 0 Å². The van der Waals surface area contributed by atoms with E-state index < -0.39 is 5.97 Å². The second kappa shape index (κ2) is 9.28. The highest BCUT2D eigenvalue weighted by atomic mass is 32.1. The average Bonchev–Trinajstić information content (AvgIpc) is 3.33. The number of thiazole rings is 1. The maximum absolute atomic E-state index is 12.4. The lowest BCUT2D eigenvalue weighted by atomic mass is 9.94. The molecule has 0 N–H and O–H groups in total. The molecule has 7 heteroatoms. The van der Waals surface area contributed by atoms with E-state index in [1.807, 2.05) is 34.7 Å². The largest absolute Gasteiger partial charge is 0.455 e. The number of rotatable bonds is 7. The SMILES string of the molecule is CCN(C(=O)COC(=O)Cc1csc(-c2cccs2)n1)C1CCCCC1. The molecule has 0 bridgehead atoms. The number of nitrogens with zero attached hydrogens (tertiary/aromatic N) is 2. The predicted octanol–water partition coefficient (Wildman–Crippen LogP) is 4.14. The van der Waals surface area contributed by atoms with Crippen LogP contribution in [0.3, 0.4) is 0 Å². The van der Waals surface area contributed by atoms with Gasteiger partial charge in [-0.3, -0.25) is 9.59 Å². The molecule has 0 aliphatic heterocycles. The van der Waals surface area contributed by atoms with E-state index in [2.05, 4.69) is 4.98 Å². The molecule has 1 amide bonds. The molecule has 2 heterocycles. The number of hydrogen-bond donors (Lipinski definition) is 0. The van der Waals surface area contributed by atoms with Crippen LogP contribution in [0.5, 0.6) is 0 Å². The Morgan fingerprint density at radius 1 is 1.27 bits per heavy atom. The van der Waals surface area contributed by atoms with Crippen LogP contribution in [-0.2, 0) is 20.7 Å². The van der Waals surface area contributed by atoms with Gasteiger partial charge in [0.1, 0.15) is 5.01 Å². The van der Waals surface area contributed by atoms with Crippen LogP contribution in [-0.4, -0.2) is 41.0 Å². The van der Waals surface area contributed by atoms with Gasteiger partial charge in [-0.05, 0) is 31.2 Å². The molecule has 1 aliphatic carbocycles. The Bertz CT molecular complexity index is 721. The lowest BCUT2D eigenvalue weighted by molar-refractivity contribution is -0.152. The minimum Gasteiger partial charge on any atom is -0.455 e. The van der Waals surface area contributed by atoms with Gasteiger partial charge in [0.2, 0.25) is 0 Å². The fourth-order valence-corrected chi connectivity index (χ4v) is 4.99. The van der Waals surface area contributed by atoms with Crippen LogP contribution >= 0.6 is 22.7 Å². The van der Waals surface area contributed by atoms with Gasteiger partial charge in [0.15, 0.2) is 6.61 Å². The zero-order valence-electron chi connectivity index (χ0n) is 15.0. The number of thiophene rings is 1. The first-order valence-corrected chi connectivity index (χ1v) is 10.9. The first kappa shape index (κ1) is 19.0. The second-order valence-electron chi connectivity index (χ2n) is 6.43. The summed E-state index contributed by atoms with van der Waals surface area (Å²) >= 11 is 3.14. The third-order valence-electron chi connectivity index (χ3n) is 4.64. The molecule has 0 aromatic carbocycles. The van der Waals surface area contributed by atoms with Crippen LogP contribution in [0.1, 0.15) is 44.7 Å². The van der Waals surface area contributed by atoms with Crippen molar-refractivity contribution in [2.45, 2.75) is 51.5 Å². The van der Waals surface area contributed by atoms with Crippen molar-refractivity contribution < 1.29 is 14.3 Å². The van der Waals surface area contributed by atoms with Gasteiger partial charge in [-0.25, -0.2) is 4.98 Å². The molecule has 3 rings (SSSR count). The molecule has 0 atom stereocenters. The van der Waals surface area contributed by atoms with Crippen LogP contribution in [0.2, 0.25) is 0 Å². The van der Waals surface area contributed by atoms with E-state index in [9.17, 15) is 9.59 Å². The molecular weight excluding hydrogens is 368 g/mol. The summed E-state index contributed by atoms with van der Waals surface area (Å²) < 4.78 is 5.22. The summed E-state index contributed by atoms with van der Waals surface area (Å²) in [6, 6.07) is 4.29. The number of hydrogen-bond acceptors (Lipinski definition) is 6. The van der Waals surface area contributed by atoms with Crippen molar-refractivity contribution in [3.8, 4) is 9.88 Å². The number of ether oxygens (including phenoxy) is 1. The van der Waals surface area contributed by atoms with Crippen molar-refractivity contribution in [3.63, 3.8) is 0 Å². The standard InChI is InChI=1S/C19H24N2O3S2/c1-2-21(15-7-4-3-5-8-15)17(22)12-24-18(23)11-14-13-26-19(20-14)16-9-6-10-25-16/h6,9-10,13,15H,2-5,7-8,11-12H2,1H3. The Morgan fingerprint density at radius 2 is 2.08 bits per heavy atom. The van der Waals surface area contributed by atoms with E-state index in [4.69, 9.17) is 4.74 Å². The molecule has 0 saturated heterocycles. The number of likely N-dealkylation sites (N-methyl/N-ethyl adjacent to an activating group) is 1. The van der Waals surface area contributed by atoms with E-state index in [1.54, 1.807) is 11.3 Å². The van der Waals surface area contributed by atoms with Gasteiger partial charge < -0.3 is 9.64 Å².